The number of hydrogen-bond donors (Lipinski definition) is 1. The molecule has 1 aromatic rings. The van der Waals surface area contributed by atoms with Crippen LogP contribution in [0.1, 0.15) is 50.2 Å². The van der Waals surface area contributed by atoms with Gasteiger partial charge in [-0.2, -0.15) is 0 Å². The largest absolute Gasteiger partial charge is 0.339 e. The Hall–Kier alpha value is -1.35. The molecule has 0 saturated heterocycles. The van der Waals surface area contributed by atoms with Crippen LogP contribution >= 0.6 is 0 Å². The highest BCUT2D eigenvalue weighted by molar-refractivity contribution is 5.80. The molecule has 23 heavy (non-hydrogen) atoms. The van der Waals surface area contributed by atoms with Crippen molar-refractivity contribution in [2.24, 2.45) is 17.6 Å². The van der Waals surface area contributed by atoms with Gasteiger partial charge < -0.3 is 10.6 Å². The van der Waals surface area contributed by atoms with Gasteiger partial charge in [0.2, 0.25) is 5.91 Å². The Kier molecular flexibility index (Phi) is 5.37. The Morgan fingerprint density at radius 3 is 2.74 bits per heavy atom. The van der Waals surface area contributed by atoms with Crippen LogP contribution in [0.4, 0.5) is 0 Å². The fourth-order valence-corrected chi connectivity index (χ4v) is 4.52. The molecule has 3 atom stereocenters. The van der Waals surface area contributed by atoms with Crippen molar-refractivity contribution in [1.82, 2.24) is 4.90 Å². The van der Waals surface area contributed by atoms with Crippen LogP contribution in [-0.2, 0) is 17.6 Å². The van der Waals surface area contributed by atoms with Crippen LogP contribution < -0.4 is 5.73 Å². The molecule has 1 saturated carbocycles. The van der Waals surface area contributed by atoms with Crippen molar-refractivity contribution >= 4 is 5.91 Å². The molecular formula is C20H30N2O. The van der Waals surface area contributed by atoms with Crippen molar-refractivity contribution < 1.29 is 4.79 Å². The number of nitrogens with two attached hydrogens (primary N) is 1. The van der Waals surface area contributed by atoms with Gasteiger partial charge in [-0.05, 0) is 62.1 Å². The van der Waals surface area contributed by atoms with E-state index in [2.05, 4.69) is 36.1 Å². The molecule has 1 amide bonds. The number of amides is 1. The zero-order valence-electron chi connectivity index (χ0n) is 14.3. The minimum Gasteiger partial charge on any atom is -0.339 e. The number of carbonyl (C=O) groups excluding carboxylic acids is 1. The summed E-state index contributed by atoms with van der Waals surface area (Å²) < 4.78 is 0. The van der Waals surface area contributed by atoms with E-state index in [0.29, 0.717) is 24.4 Å². The molecule has 3 rings (SSSR count). The lowest BCUT2D eigenvalue weighted by molar-refractivity contribution is -0.139. The first-order valence-electron chi connectivity index (χ1n) is 9.32. The number of fused-ring (bicyclic) bond motifs is 1. The minimum atomic E-state index is 0.170. The highest BCUT2D eigenvalue weighted by Gasteiger charge is 2.37. The first kappa shape index (κ1) is 16.5. The molecule has 1 unspecified atom stereocenters. The van der Waals surface area contributed by atoms with Gasteiger partial charge in [0.25, 0.3) is 0 Å². The molecule has 0 aromatic heterocycles. The van der Waals surface area contributed by atoms with E-state index >= 15 is 0 Å². The third-order valence-electron chi connectivity index (χ3n) is 5.79. The lowest BCUT2D eigenvalue weighted by Gasteiger charge is -2.37. The molecule has 1 aromatic carbocycles. The lowest BCUT2D eigenvalue weighted by Crippen LogP contribution is -2.47. The van der Waals surface area contributed by atoms with Gasteiger partial charge in [0.05, 0.1) is 0 Å². The summed E-state index contributed by atoms with van der Waals surface area (Å²) in [6, 6.07) is 9.08. The number of hydrogen-bond acceptors (Lipinski definition) is 2. The van der Waals surface area contributed by atoms with Crippen molar-refractivity contribution in [1.29, 1.82) is 0 Å². The van der Waals surface area contributed by atoms with Gasteiger partial charge in [-0.1, -0.05) is 37.6 Å². The quantitative estimate of drug-likeness (QED) is 0.907. The Morgan fingerprint density at radius 1 is 1.22 bits per heavy atom. The molecule has 2 N–H and O–H groups in total. The maximum Gasteiger partial charge on any atom is 0.226 e. The minimum absolute atomic E-state index is 0.170. The molecule has 2 aliphatic carbocycles. The van der Waals surface area contributed by atoms with E-state index in [4.69, 9.17) is 5.73 Å². The SMILES string of the molecule is CCCN(C(=O)[C@@H]1CCC[C@@H]1CN)C1CCc2ccccc2C1. The second-order valence-corrected chi connectivity index (χ2v) is 7.23. The molecule has 0 heterocycles. The zero-order valence-corrected chi connectivity index (χ0v) is 14.3. The van der Waals surface area contributed by atoms with Crippen LogP contribution in [0.2, 0.25) is 0 Å². The van der Waals surface area contributed by atoms with Gasteiger partial charge in [0, 0.05) is 18.5 Å². The smallest absolute Gasteiger partial charge is 0.226 e. The van der Waals surface area contributed by atoms with E-state index in [1.54, 1.807) is 0 Å². The Balaban J connectivity index is 1.75. The molecule has 2 aliphatic rings. The van der Waals surface area contributed by atoms with Gasteiger partial charge in [-0.3, -0.25) is 4.79 Å². The number of benzene rings is 1. The van der Waals surface area contributed by atoms with Crippen LogP contribution in [0.15, 0.2) is 24.3 Å². The summed E-state index contributed by atoms with van der Waals surface area (Å²) in [6.45, 7) is 3.72. The zero-order chi connectivity index (χ0) is 16.2. The molecule has 0 spiro atoms. The number of carbonyl (C=O) groups is 1. The van der Waals surface area contributed by atoms with Gasteiger partial charge in [-0.25, -0.2) is 0 Å². The predicted molar refractivity (Wildman–Crippen MR) is 94.1 cm³/mol. The average molecular weight is 314 g/mol. The van der Waals surface area contributed by atoms with E-state index < -0.39 is 0 Å². The molecular weight excluding hydrogens is 284 g/mol. The average Bonchev–Trinajstić information content (AvgIpc) is 3.07. The highest BCUT2D eigenvalue weighted by Crippen LogP contribution is 2.34. The molecule has 0 aliphatic heterocycles. The van der Waals surface area contributed by atoms with E-state index in [0.717, 1.165) is 51.5 Å². The van der Waals surface area contributed by atoms with Gasteiger partial charge in [0.1, 0.15) is 0 Å². The van der Waals surface area contributed by atoms with Crippen molar-refractivity contribution in [3.63, 3.8) is 0 Å². The predicted octanol–water partition coefficient (Wildman–Crippen LogP) is 3.16. The standard InChI is InChI=1S/C20H30N2O/c1-2-12-22(20(23)19-9-5-8-17(19)14-21)18-11-10-15-6-3-4-7-16(15)13-18/h3-4,6-7,17-19H,2,5,8-14,21H2,1H3/t17-,18?,19-/m1/s1. The molecule has 0 radical (unpaired) electrons. The first-order valence-corrected chi connectivity index (χ1v) is 9.32. The fourth-order valence-electron chi connectivity index (χ4n) is 4.52. The molecule has 3 heteroatoms. The van der Waals surface area contributed by atoms with Gasteiger partial charge in [-0.15, -0.1) is 0 Å². The fraction of sp³-hybridized carbons (Fsp3) is 0.650. The van der Waals surface area contributed by atoms with E-state index in [9.17, 15) is 4.79 Å². The highest BCUT2D eigenvalue weighted by atomic mass is 16.2. The van der Waals surface area contributed by atoms with Crippen molar-refractivity contribution in [2.45, 2.75) is 57.9 Å². The molecule has 0 bridgehead atoms. The lowest BCUT2D eigenvalue weighted by atomic mass is 9.86. The third kappa shape index (κ3) is 3.45. The first-order chi connectivity index (χ1) is 11.2. The molecule has 3 nitrogen and oxygen atoms in total. The summed E-state index contributed by atoms with van der Waals surface area (Å²) in [5, 5.41) is 0. The summed E-state index contributed by atoms with van der Waals surface area (Å²) >= 11 is 0. The Morgan fingerprint density at radius 2 is 2.00 bits per heavy atom. The van der Waals surface area contributed by atoms with Crippen LogP contribution in [0, 0.1) is 11.8 Å². The van der Waals surface area contributed by atoms with Crippen LogP contribution in [0.25, 0.3) is 0 Å². The van der Waals surface area contributed by atoms with Crippen LogP contribution in [0.3, 0.4) is 0 Å². The number of aryl methyl sites for hydroxylation is 1. The second-order valence-electron chi connectivity index (χ2n) is 7.23. The number of nitrogens with zero attached hydrogens (tertiary/aromatic N) is 1. The van der Waals surface area contributed by atoms with E-state index in [-0.39, 0.29) is 5.92 Å². The van der Waals surface area contributed by atoms with Crippen LogP contribution in [-0.4, -0.2) is 29.9 Å². The topological polar surface area (TPSA) is 46.3 Å². The van der Waals surface area contributed by atoms with Crippen molar-refractivity contribution in [2.75, 3.05) is 13.1 Å². The Labute approximate surface area is 140 Å². The third-order valence-corrected chi connectivity index (χ3v) is 5.79. The normalized spacial score (nSPS) is 26.8. The molecule has 1 fully saturated rings. The van der Waals surface area contributed by atoms with E-state index in [1.165, 1.54) is 11.1 Å². The summed E-state index contributed by atoms with van der Waals surface area (Å²) in [5.74, 6) is 0.950. The van der Waals surface area contributed by atoms with Crippen molar-refractivity contribution in [3.05, 3.63) is 35.4 Å². The maximum absolute atomic E-state index is 13.2. The summed E-state index contributed by atoms with van der Waals surface area (Å²) in [4.78, 5) is 15.4. The maximum atomic E-state index is 13.2. The van der Waals surface area contributed by atoms with E-state index in [1.807, 2.05) is 0 Å². The summed E-state index contributed by atoms with van der Waals surface area (Å²) in [5.41, 5.74) is 8.80. The molecule has 126 valence electrons. The Bertz CT molecular complexity index is 542. The van der Waals surface area contributed by atoms with Gasteiger partial charge in [0.15, 0.2) is 0 Å². The van der Waals surface area contributed by atoms with Crippen LogP contribution in [0.5, 0.6) is 0 Å². The monoisotopic (exact) mass is 314 g/mol. The summed E-state index contributed by atoms with van der Waals surface area (Å²) in [7, 11) is 0. The second kappa shape index (κ2) is 7.48. The van der Waals surface area contributed by atoms with Crippen molar-refractivity contribution in [3.8, 4) is 0 Å². The summed E-state index contributed by atoms with van der Waals surface area (Å²) in [6.07, 6.45) is 7.56. The number of rotatable bonds is 5. The van der Waals surface area contributed by atoms with Gasteiger partial charge >= 0.3 is 0 Å².